The largest absolute Gasteiger partial charge is 0.463 e. The van der Waals surface area contributed by atoms with Gasteiger partial charge in [-0.05, 0) is 42.2 Å². The predicted octanol–water partition coefficient (Wildman–Crippen LogP) is 6.05. The summed E-state index contributed by atoms with van der Waals surface area (Å²) in [5, 5.41) is 0. The number of esters is 1. The molecule has 0 aromatic heterocycles. The van der Waals surface area contributed by atoms with Crippen molar-refractivity contribution in [2.45, 2.75) is 38.9 Å². The van der Waals surface area contributed by atoms with E-state index in [0.717, 1.165) is 23.3 Å². The van der Waals surface area contributed by atoms with E-state index >= 15 is 0 Å². The number of carbonyl (C=O) groups excluding carboxylic acids is 1. The van der Waals surface area contributed by atoms with E-state index in [1.165, 1.54) is 12.1 Å². The quantitative estimate of drug-likeness (QED) is 0.538. The number of ether oxygens (including phenoxy) is 1. The Labute approximate surface area is 174 Å². The summed E-state index contributed by atoms with van der Waals surface area (Å²) >= 11 is 0. The number of hydrogen-bond acceptors (Lipinski definition) is 3. The number of allylic oxidation sites excluding steroid dienone is 1. The Morgan fingerprint density at radius 1 is 1.00 bits per heavy atom. The van der Waals surface area contributed by atoms with Gasteiger partial charge in [-0.1, -0.05) is 49.4 Å². The van der Waals surface area contributed by atoms with Gasteiger partial charge in [-0.3, -0.25) is 0 Å². The van der Waals surface area contributed by atoms with E-state index in [0.29, 0.717) is 24.1 Å². The number of hydrogen-bond donors (Lipinski definition) is 0. The molecule has 0 spiro atoms. The Bertz CT molecular complexity index is 931. The van der Waals surface area contributed by atoms with Gasteiger partial charge < -0.3 is 9.64 Å². The minimum atomic E-state index is -4.40. The van der Waals surface area contributed by atoms with Crippen molar-refractivity contribution in [3.05, 3.63) is 94.8 Å². The van der Waals surface area contributed by atoms with Crippen molar-refractivity contribution in [2.24, 2.45) is 0 Å². The minimum Gasteiger partial charge on any atom is -0.463 e. The van der Waals surface area contributed by atoms with Crippen LogP contribution < -0.4 is 0 Å². The smallest absolute Gasteiger partial charge is 0.416 e. The molecule has 2 aromatic carbocycles. The Kier molecular flexibility index (Phi) is 6.65. The first-order valence-electron chi connectivity index (χ1n) is 9.89. The maximum absolute atomic E-state index is 13.0. The van der Waals surface area contributed by atoms with Gasteiger partial charge >= 0.3 is 12.1 Å². The zero-order valence-electron chi connectivity index (χ0n) is 16.9. The molecule has 1 aliphatic rings. The van der Waals surface area contributed by atoms with Crippen LogP contribution in [-0.2, 0) is 22.3 Å². The Balaban J connectivity index is 1.98. The SMILES string of the molecule is CCOC(=O)C1=CN(Cc2ccccc2)C=C(CC)C1c1ccc(C(F)(F)F)cc1. The van der Waals surface area contributed by atoms with Crippen molar-refractivity contribution in [2.75, 3.05) is 6.61 Å². The third-order valence-electron chi connectivity index (χ3n) is 5.02. The van der Waals surface area contributed by atoms with E-state index in [2.05, 4.69) is 0 Å². The summed E-state index contributed by atoms with van der Waals surface area (Å²) in [6.07, 6.45) is -0.0426. The molecule has 158 valence electrons. The third-order valence-corrected chi connectivity index (χ3v) is 5.02. The van der Waals surface area contributed by atoms with Gasteiger partial charge in [-0.25, -0.2) is 4.79 Å². The summed E-state index contributed by atoms with van der Waals surface area (Å²) in [6.45, 7) is 4.50. The molecule has 0 amide bonds. The normalized spacial score (nSPS) is 16.7. The molecule has 1 heterocycles. The Morgan fingerprint density at radius 2 is 1.67 bits per heavy atom. The topological polar surface area (TPSA) is 29.5 Å². The molecule has 0 fully saturated rings. The van der Waals surface area contributed by atoms with Crippen LogP contribution in [0.15, 0.2) is 78.1 Å². The molecule has 3 rings (SSSR count). The van der Waals surface area contributed by atoms with Gasteiger partial charge in [0, 0.05) is 24.9 Å². The lowest BCUT2D eigenvalue weighted by molar-refractivity contribution is -0.139. The Hall–Kier alpha value is -3.02. The van der Waals surface area contributed by atoms with Gasteiger partial charge in [0.05, 0.1) is 17.7 Å². The van der Waals surface area contributed by atoms with E-state index in [9.17, 15) is 18.0 Å². The zero-order chi connectivity index (χ0) is 21.7. The van der Waals surface area contributed by atoms with Crippen LogP contribution in [0.5, 0.6) is 0 Å². The first-order valence-corrected chi connectivity index (χ1v) is 9.89. The minimum absolute atomic E-state index is 0.222. The predicted molar refractivity (Wildman–Crippen MR) is 109 cm³/mol. The lowest BCUT2D eigenvalue weighted by Gasteiger charge is -2.31. The van der Waals surface area contributed by atoms with E-state index in [1.807, 2.05) is 48.4 Å². The van der Waals surface area contributed by atoms with Crippen LogP contribution in [0.4, 0.5) is 13.2 Å². The lowest BCUT2D eigenvalue weighted by atomic mass is 9.82. The second kappa shape index (κ2) is 9.20. The molecular weight excluding hydrogens is 391 g/mol. The van der Waals surface area contributed by atoms with E-state index in [4.69, 9.17) is 4.74 Å². The van der Waals surface area contributed by atoms with Gasteiger partial charge in [-0.2, -0.15) is 13.2 Å². The van der Waals surface area contributed by atoms with Gasteiger partial charge in [-0.15, -0.1) is 0 Å². The molecule has 0 aliphatic carbocycles. The highest BCUT2D eigenvalue weighted by Gasteiger charge is 2.33. The maximum atomic E-state index is 13.0. The van der Waals surface area contributed by atoms with Crippen molar-refractivity contribution in [1.82, 2.24) is 4.90 Å². The highest BCUT2D eigenvalue weighted by atomic mass is 19.4. The number of benzene rings is 2. The summed E-state index contributed by atoms with van der Waals surface area (Å²) in [5.74, 6) is -0.900. The van der Waals surface area contributed by atoms with Crippen LogP contribution >= 0.6 is 0 Å². The fourth-order valence-corrected chi connectivity index (χ4v) is 3.60. The van der Waals surface area contributed by atoms with Crippen molar-refractivity contribution < 1.29 is 22.7 Å². The molecule has 0 saturated carbocycles. The van der Waals surface area contributed by atoms with Crippen molar-refractivity contribution in [1.29, 1.82) is 0 Å². The molecule has 1 aliphatic heterocycles. The zero-order valence-corrected chi connectivity index (χ0v) is 16.9. The molecule has 0 radical (unpaired) electrons. The molecule has 0 bridgehead atoms. The number of halogens is 3. The van der Waals surface area contributed by atoms with Crippen molar-refractivity contribution in [3.63, 3.8) is 0 Å². The van der Waals surface area contributed by atoms with Crippen LogP contribution in [0.2, 0.25) is 0 Å². The third kappa shape index (κ3) is 4.93. The van der Waals surface area contributed by atoms with E-state index in [-0.39, 0.29) is 6.61 Å². The van der Waals surface area contributed by atoms with Crippen molar-refractivity contribution >= 4 is 5.97 Å². The lowest BCUT2D eigenvalue weighted by Crippen LogP contribution is -2.25. The van der Waals surface area contributed by atoms with E-state index in [1.54, 1.807) is 13.1 Å². The summed E-state index contributed by atoms with van der Waals surface area (Å²) in [6, 6.07) is 14.8. The van der Waals surface area contributed by atoms with Gasteiger partial charge in [0.15, 0.2) is 0 Å². The first-order chi connectivity index (χ1) is 14.3. The monoisotopic (exact) mass is 415 g/mol. The molecule has 3 nitrogen and oxygen atoms in total. The standard InChI is InChI=1S/C24H24F3NO2/c1-3-18-15-28(14-17-8-6-5-7-9-17)16-21(23(29)30-4-2)22(18)19-10-12-20(13-11-19)24(25,26)27/h5-13,15-16,22H,3-4,14H2,1-2H3. The van der Waals surface area contributed by atoms with Crippen LogP contribution in [-0.4, -0.2) is 17.5 Å². The van der Waals surface area contributed by atoms with Crippen molar-refractivity contribution in [3.8, 4) is 0 Å². The second-order valence-corrected chi connectivity index (χ2v) is 7.07. The highest BCUT2D eigenvalue weighted by molar-refractivity contribution is 5.91. The number of alkyl halides is 3. The summed E-state index contributed by atoms with van der Waals surface area (Å²) in [4.78, 5) is 14.7. The second-order valence-electron chi connectivity index (χ2n) is 7.07. The molecule has 0 saturated heterocycles. The molecular formula is C24H24F3NO2. The van der Waals surface area contributed by atoms with Crippen LogP contribution in [0.1, 0.15) is 42.9 Å². The number of nitrogens with zero attached hydrogens (tertiary/aromatic N) is 1. The number of carbonyl (C=O) groups is 1. The Morgan fingerprint density at radius 3 is 2.23 bits per heavy atom. The molecule has 6 heteroatoms. The molecule has 1 unspecified atom stereocenters. The molecule has 30 heavy (non-hydrogen) atoms. The van der Waals surface area contributed by atoms with Gasteiger partial charge in [0.25, 0.3) is 0 Å². The number of rotatable bonds is 6. The van der Waals surface area contributed by atoms with Crippen LogP contribution in [0.25, 0.3) is 0 Å². The van der Waals surface area contributed by atoms with Gasteiger partial charge in [0.2, 0.25) is 0 Å². The van der Waals surface area contributed by atoms with Crippen LogP contribution in [0.3, 0.4) is 0 Å². The fraction of sp³-hybridized carbons (Fsp3) is 0.292. The fourth-order valence-electron chi connectivity index (χ4n) is 3.60. The maximum Gasteiger partial charge on any atom is 0.416 e. The molecule has 1 atom stereocenters. The summed E-state index contributed by atoms with van der Waals surface area (Å²) < 4.78 is 44.2. The summed E-state index contributed by atoms with van der Waals surface area (Å²) in [7, 11) is 0. The average molecular weight is 415 g/mol. The van der Waals surface area contributed by atoms with Crippen LogP contribution in [0, 0.1) is 0 Å². The molecule has 0 N–H and O–H groups in total. The highest BCUT2D eigenvalue weighted by Crippen LogP contribution is 2.39. The summed E-state index contributed by atoms with van der Waals surface area (Å²) in [5.41, 5.74) is 2.37. The average Bonchev–Trinajstić information content (AvgIpc) is 2.73. The first kappa shape index (κ1) is 21.7. The van der Waals surface area contributed by atoms with Gasteiger partial charge in [0.1, 0.15) is 0 Å². The van der Waals surface area contributed by atoms with E-state index < -0.39 is 23.6 Å². The molecule has 2 aromatic rings.